The number of likely N-dealkylation sites (tertiary alicyclic amines) is 1. The molecule has 2 nitrogen and oxygen atoms in total. The minimum atomic E-state index is 0.821. The summed E-state index contributed by atoms with van der Waals surface area (Å²) in [6, 6.07) is 0.942. The molecule has 0 spiro atoms. The van der Waals surface area contributed by atoms with E-state index < -0.39 is 0 Å². The molecule has 1 aliphatic carbocycles. The molecule has 2 fully saturated rings. The number of piperidine rings is 1. The average molecular weight is 252 g/mol. The van der Waals surface area contributed by atoms with Crippen molar-refractivity contribution in [2.75, 3.05) is 19.6 Å². The Morgan fingerprint density at radius 3 is 2.72 bits per heavy atom. The van der Waals surface area contributed by atoms with Crippen molar-refractivity contribution in [3.63, 3.8) is 0 Å². The van der Waals surface area contributed by atoms with Crippen molar-refractivity contribution < 1.29 is 0 Å². The van der Waals surface area contributed by atoms with Gasteiger partial charge in [-0.15, -0.1) is 0 Å². The molecule has 1 aliphatic heterocycles. The van der Waals surface area contributed by atoms with E-state index in [-0.39, 0.29) is 0 Å². The third-order valence-corrected chi connectivity index (χ3v) is 5.16. The Balaban J connectivity index is 1.70. The fourth-order valence-corrected chi connectivity index (χ4v) is 4.08. The Kier molecular flexibility index (Phi) is 5.97. The highest BCUT2D eigenvalue weighted by Gasteiger charge is 2.32. The number of rotatable bonds is 6. The second kappa shape index (κ2) is 7.49. The first-order valence-electron chi connectivity index (χ1n) is 8.25. The minimum absolute atomic E-state index is 0.821. The molecule has 18 heavy (non-hydrogen) atoms. The van der Waals surface area contributed by atoms with Gasteiger partial charge in [-0.1, -0.05) is 19.8 Å². The van der Waals surface area contributed by atoms with E-state index >= 15 is 0 Å². The lowest BCUT2D eigenvalue weighted by Gasteiger charge is -2.44. The third-order valence-electron chi connectivity index (χ3n) is 5.16. The molecule has 2 N–H and O–H groups in total. The fourth-order valence-electron chi connectivity index (χ4n) is 4.08. The Bertz CT molecular complexity index is 227. The average Bonchev–Trinajstić information content (AvgIpc) is 2.39. The Hall–Kier alpha value is -0.0800. The predicted octanol–water partition coefficient (Wildman–Crippen LogP) is 3.41. The van der Waals surface area contributed by atoms with Crippen LogP contribution in [-0.2, 0) is 0 Å². The summed E-state index contributed by atoms with van der Waals surface area (Å²) in [4.78, 5) is 2.82. The number of nitrogens with two attached hydrogens (primary N) is 1. The molecule has 1 saturated carbocycles. The van der Waals surface area contributed by atoms with Crippen LogP contribution in [0, 0.1) is 11.8 Å². The summed E-state index contributed by atoms with van der Waals surface area (Å²) in [5.74, 6) is 1.86. The molecule has 2 rings (SSSR count). The van der Waals surface area contributed by atoms with Crippen LogP contribution in [0.15, 0.2) is 0 Å². The van der Waals surface area contributed by atoms with E-state index in [1.54, 1.807) is 0 Å². The maximum atomic E-state index is 5.62. The molecule has 0 radical (unpaired) electrons. The summed E-state index contributed by atoms with van der Waals surface area (Å²) >= 11 is 0. The molecule has 1 unspecified atom stereocenters. The summed E-state index contributed by atoms with van der Waals surface area (Å²) < 4.78 is 0. The molecule has 0 amide bonds. The summed E-state index contributed by atoms with van der Waals surface area (Å²) in [7, 11) is 0. The van der Waals surface area contributed by atoms with Crippen molar-refractivity contribution in [2.45, 2.75) is 70.8 Å². The zero-order chi connectivity index (χ0) is 12.8. The van der Waals surface area contributed by atoms with E-state index in [1.807, 2.05) is 0 Å². The van der Waals surface area contributed by atoms with Crippen LogP contribution in [0.2, 0.25) is 0 Å². The van der Waals surface area contributed by atoms with Crippen LogP contribution < -0.4 is 5.73 Å². The van der Waals surface area contributed by atoms with Crippen molar-refractivity contribution in [3.8, 4) is 0 Å². The summed E-state index contributed by atoms with van der Waals surface area (Å²) in [6.45, 7) is 5.92. The Morgan fingerprint density at radius 1 is 1.11 bits per heavy atom. The van der Waals surface area contributed by atoms with Crippen LogP contribution in [0.5, 0.6) is 0 Å². The van der Waals surface area contributed by atoms with Gasteiger partial charge in [-0.3, -0.25) is 0 Å². The van der Waals surface area contributed by atoms with E-state index in [0.29, 0.717) is 0 Å². The predicted molar refractivity (Wildman–Crippen MR) is 78.6 cm³/mol. The van der Waals surface area contributed by atoms with Crippen molar-refractivity contribution in [1.82, 2.24) is 4.90 Å². The minimum Gasteiger partial charge on any atom is -0.330 e. The number of hydrogen-bond acceptors (Lipinski definition) is 2. The van der Waals surface area contributed by atoms with Gasteiger partial charge >= 0.3 is 0 Å². The zero-order valence-corrected chi connectivity index (χ0v) is 12.2. The van der Waals surface area contributed by atoms with E-state index in [4.69, 9.17) is 5.73 Å². The molecule has 1 heterocycles. The van der Waals surface area contributed by atoms with Crippen LogP contribution in [0.1, 0.15) is 64.7 Å². The standard InChI is InChI=1S/C16H32N2/c1-14(10-11-17)6-4-12-18-13-5-8-15-7-2-3-9-16(15)18/h14-16H,2-13,17H2,1H3/t14?,15-,16-/m1/s1. The highest BCUT2D eigenvalue weighted by molar-refractivity contribution is 4.87. The van der Waals surface area contributed by atoms with Crippen molar-refractivity contribution in [3.05, 3.63) is 0 Å². The van der Waals surface area contributed by atoms with Gasteiger partial charge in [0.05, 0.1) is 0 Å². The first kappa shape index (κ1) is 14.3. The Labute approximate surface area is 113 Å². The van der Waals surface area contributed by atoms with Crippen molar-refractivity contribution in [1.29, 1.82) is 0 Å². The second-order valence-corrected chi connectivity index (χ2v) is 6.61. The molecular formula is C16H32N2. The Morgan fingerprint density at radius 2 is 1.89 bits per heavy atom. The van der Waals surface area contributed by atoms with Crippen LogP contribution in [-0.4, -0.2) is 30.6 Å². The largest absolute Gasteiger partial charge is 0.330 e. The third kappa shape index (κ3) is 3.96. The number of fused-ring (bicyclic) bond motifs is 1. The highest BCUT2D eigenvalue weighted by atomic mass is 15.2. The van der Waals surface area contributed by atoms with Gasteiger partial charge in [-0.25, -0.2) is 0 Å². The van der Waals surface area contributed by atoms with Crippen LogP contribution in [0.4, 0.5) is 0 Å². The first-order chi connectivity index (χ1) is 8.81. The normalized spacial score (nSPS) is 31.0. The van der Waals surface area contributed by atoms with E-state index in [2.05, 4.69) is 11.8 Å². The number of nitrogens with zero attached hydrogens (tertiary/aromatic N) is 1. The summed E-state index contributed by atoms with van der Waals surface area (Å²) in [6.07, 6.45) is 12.8. The lowest BCUT2D eigenvalue weighted by molar-refractivity contribution is 0.0587. The SMILES string of the molecule is CC(CCN)CCCN1CCC[C@H]2CCCC[C@H]21. The summed E-state index contributed by atoms with van der Waals surface area (Å²) in [5, 5.41) is 0. The van der Waals surface area contributed by atoms with Crippen LogP contribution in [0.25, 0.3) is 0 Å². The topological polar surface area (TPSA) is 29.3 Å². The van der Waals surface area contributed by atoms with E-state index in [9.17, 15) is 0 Å². The molecule has 1 saturated heterocycles. The van der Waals surface area contributed by atoms with Crippen LogP contribution >= 0.6 is 0 Å². The van der Waals surface area contributed by atoms with Gasteiger partial charge in [0.1, 0.15) is 0 Å². The molecular weight excluding hydrogens is 220 g/mol. The second-order valence-electron chi connectivity index (χ2n) is 6.61. The molecule has 3 atom stereocenters. The fraction of sp³-hybridized carbons (Fsp3) is 1.00. The lowest BCUT2D eigenvalue weighted by atomic mass is 9.78. The van der Waals surface area contributed by atoms with Gasteiger partial charge in [0.15, 0.2) is 0 Å². The molecule has 2 aliphatic rings. The molecule has 106 valence electrons. The molecule has 0 aromatic rings. The van der Waals surface area contributed by atoms with Gasteiger partial charge in [-0.2, -0.15) is 0 Å². The van der Waals surface area contributed by atoms with Crippen molar-refractivity contribution >= 4 is 0 Å². The van der Waals surface area contributed by atoms with Gasteiger partial charge in [-0.05, 0) is 76.4 Å². The molecule has 2 heteroatoms. The van der Waals surface area contributed by atoms with Gasteiger partial charge in [0.2, 0.25) is 0 Å². The first-order valence-corrected chi connectivity index (χ1v) is 8.25. The number of hydrogen-bond donors (Lipinski definition) is 1. The zero-order valence-electron chi connectivity index (χ0n) is 12.2. The molecule has 0 aromatic carbocycles. The van der Waals surface area contributed by atoms with Crippen LogP contribution in [0.3, 0.4) is 0 Å². The van der Waals surface area contributed by atoms with E-state index in [0.717, 1.165) is 24.4 Å². The lowest BCUT2D eigenvalue weighted by Crippen LogP contribution is -2.47. The van der Waals surface area contributed by atoms with E-state index in [1.165, 1.54) is 70.9 Å². The molecule has 0 bridgehead atoms. The van der Waals surface area contributed by atoms with Gasteiger partial charge in [0.25, 0.3) is 0 Å². The smallest absolute Gasteiger partial charge is 0.0123 e. The van der Waals surface area contributed by atoms with Crippen molar-refractivity contribution in [2.24, 2.45) is 17.6 Å². The maximum absolute atomic E-state index is 5.62. The van der Waals surface area contributed by atoms with Gasteiger partial charge < -0.3 is 10.6 Å². The molecule has 0 aromatic heterocycles. The highest BCUT2D eigenvalue weighted by Crippen LogP contribution is 2.35. The maximum Gasteiger partial charge on any atom is 0.0123 e. The monoisotopic (exact) mass is 252 g/mol. The summed E-state index contributed by atoms with van der Waals surface area (Å²) in [5.41, 5.74) is 5.62. The quantitative estimate of drug-likeness (QED) is 0.785. The van der Waals surface area contributed by atoms with Gasteiger partial charge in [0, 0.05) is 6.04 Å².